The van der Waals surface area contributed by atoms with Crippen molar-refractivity contribution in [2.24, 2.45) is 4.99 Å². The second-order valence-electron chi connectivity index (χ2n) is 4.65. The summed E-state index contributed by atoms with van der Waals surface area (Å²) in [6.45, 7) is 0. The second kappa shape index (κ2) is 6.69. The Hall–Kier alpha value is -1.56. The number of nitrogens with one attached hydrogen (secondary N) is 1. The largest absolute Gasteiger partial charge is 0.304 e. The predicted molar refractivity (Wildman–Crippen MR) is 91.0 cm³/mol. The third-order valence-corrected chi connectivity index (χ3v) is 4.87. The van der Waals surface area contributed by atoms with Crippen molar-refractivity contribution in [2.75, 3.05) is 0 Å². The maximum atomic E-state index is 12.0. The Bertz CT molecular complexity index is 737. The first kappa shape index (κ1) is 15.3. The minimum atomic E-state index is -0.236. The van der Waals surface area contributed by atoms with E-state index in [9.17, 15) is 4.79 Å². The lowest BCUT2D eigenvalue weighted by Crippen LogP contribution is -2.25. The van der Waals surface area contributed by atoms with Crippen molar-refractivity contribution >= 4 is 51.9 Å². The van der Waals surface area contributed by atoms with Crippen molar-refractivity contribution in [1.82, 2.24) is 10.3 Å². The number of hydrogen-bond donors (Lipinski definition) is 1. The average Bonchev–Trinajstić information content (AvgIpc) is 2.84. The SMILES string of the molecule is O=C1NC(=Nc2ccccn2)S[C@H]1Cc1ccc(Cl)c(Cl)c1. The molecule has 1 atom stereocenters. The van der Waals surface area contributed by atoms with E-state index in [4.69, 9.17) is 23.2 Å². The van der Waals surface area contributed by atoms with E-state index in [1.165, 1.54) is 11.8 Å². The molecule has 112 valence electrons. The summed E-state index contributed by atoms with van der Waals surface area (Å²) in [4.78, 5) is 20.5. The van der Waals surface area contributed by atoms with Crippen molar-refractivity contribution in [2.45, 2.75) is 11.7 Å². The molecule has 1 aromatic heterocycles. The molecule has 1 N–H and O–H groups in total. The van der Waals surface area contributed by atoms with Gasteiger partial charge >= 0.3 is 0 Å². The minimum absolute atomic E-state index is 0.0641. The number of amidine groups is 1. The summed E-state index contributed by atoms with van der Waals surface area (Å²) in [6.07, 6.45) is 2.22. The highest BCUT2D eigenvalue weighted by Gasteiger charge is 2.30. The Labute approximate surface area is 141 Å². The summed E-state index contributed by atoms with van der Waals surface area (Å²) in [5.41, 5.74) is 0.959. The topological polar surface area (TPSA) is 54.4 Å². The Morgan fingerprint density at radius 3 is 2.82 bits per heavy atom. The summed E-state index contributed by atoms with van der Waals surface area (Å²) >= 11 is 13.3. The van der Waals surface area contributed by atoms with Gasteiger partial charge in [-0.15, -0.1) is 0 Å². The molecule has 0 aliphatic carbocycles. The highest BCUT2D eigenvalue weighted by Crippen LogP contribution is 2.28. The fraction of sp³-hybridized carbons (Fsp3) is 0.133. The van der Waals surface area contributed by atoms with Crippen LogP contribution in [0.5, 0.6) is 0 Å². The first-order chi connectivity index (χ1) is 10.6. The monoisotopic (exact) mass is 351 g/mol. The summed E-state index contributed by atoms with van der Waals surface area (Å²) in [5.74, 6) is 0.506. The standard InChI is InChI=1S/C15H11Cl2N3OS/c16-10-5-4-9(7-11(10)17)8-12-14(21)20-15(22-12)19-13-3-1-2-6-18-13/h1-7,12H,8H2,(H,18,19,20,21)/t12-/m0/s1. The maximum Gasteiger partial charge on any atom is 0.239 e. The van der Waals surface area contributed by atoms with E-state index >= 15 is 0 Å². The number of carbonyl (C=O) groups excluding carboxylic acids is 1. The normalized spacial score (nSPS) is 19.5. The van der Waals surface area contributed by atoms with Gasteiger partial charge in [-0.2, -0.15) is 0 Å². The summed E-state index contributed by atoms with van der Waals surface area (Å²) in [7, 11) is 0. The molecular weight excluding hydrogens is 341 g/mol. The molecule has 7 heteroatoms. The van der Waals surface area contributed by atoms with Crippen LogP contribution < -0.4 is 5.32 Å². The Morgan fingerprint density at radius 1 is 1.23 bits per heavy atom. The van der Waals surface area contributed by atoms with E-state index < -0.39 is 0 Å². The number of carbonyl (C=O) groups is 1. The average molecular weight is 352 g/mol. The van der Waals surface area contributed by atoms with Crippen LogP contribution in [0.1, 0.15) is 5.56 Å². The second-order valence-corrected chi connectivity index (χ2v) is 6.66. The molecule has 22 heavy (non-hydrogen) atoms. The lowest BCUT2D eigenvalue weighted by molar-refractivity contribution is -0.118. The van der Waals surface area contributed by atoms with Gasteiger partial charge in [0.05, 0.1) is 15.3 Å². The third-order valence-electron chi connectivity index (χ3n) is 3.05. The zero-order valence-corrected chi connectivity index (χ0v) is 13.6. The Balaban J connectivity index is 1.72. The predicted octanol–water partition coefficient (Wildman–Crippen LogP) is 3.85. The van der Waals surface area contributed by atoms with E-state index in [1.54, 1.807) is 24.4 Å². The van der Waals surface area contributed by atoms with Gasteiger partial charge in [0, 0.05) is 6.20 Å². The number of aliphatic imine (C=N–C) groups is 1. The van der Waals surface area contributed by atoms with Crippen LogP contribution >= 0.6 is 35.0 Å². The first-order valence-electron chi connectivity index (χ1n) is 6.53. The fourth-order valence-corrected chi connectivity index (χ4v) is 3.33. The molecule has 1 aliphatic heterocycles. The summed E-state index contributed by atoms with van der Waals surface area (Å²) in [5, 5.41) is 4.10. The van der Waals surface area contributed by atoms with Gasteiger partial charge in [0.1, 0.15) is 0 Å². The van der Waals surface area contributed by atoms with Crippen molar-refractivity contribution < 1.29 is 4.79 Å². The fourth-order valence-electron chi connectivity index (χ4n) is 2.00. The molecule has 0 bridgehead atoms. The van der Waals surface area contributed by atoms with Crippen molar-refractivity contribution in [3.8, 4) is 0 Å². The molecular formula is C15H11Cl2N3OS. The molecule has 0 saturated carbocycles. The van der Waals surface area contributed by atoms with Crippen molar-refractivity contribution in [3.05, 3.63) is 58.2 Å². The first-order valence-corrected chi connectivity index (χ1v) is 8.16. The highest BCUT2D eigenvalue weighted by atomic mass is 35.5. The van der Waals surface area contributed by atoms with E-state index in [0.29, 0.717) is 27.5 Å². The summed E-state index contributed by atoms with van der Waals surface area (Å²) in [6, 6.07) is 10.8. The number of nitrogens with zero attached hydrogens (tertiary/aromatic N) is 2. The molecule has 2 heterocycles. The lowest BCUT2D eigenvalue weighted by atomic mass is 10.1. The van der Waals surface area contributed by atoms with Gasteiger partial charge in [0.15, 0.2) is 11.0 Å². The molecule has 2 aromatic rings. The summed E-state index contributed by atoms with van der Waals surface area (Å²) < 4.78 is 0. The van der Waals surface area contributed by atoms with Gasteiger partial charge in [-0.3, -0.25) is 4.79 Å². The smallest absolute Gasteiger partial charge is 0.239 e. The molecule has 1 fully saturated rings. The van der Waals surface area contributed by atoms with Crippen LogP contribution in [-0.2, 0) is 11.2 Å². The van der Waals surface area contributed by atoms with E-state index in [0.717, 1.165) is 5.56 Å². The van der Waals surface area contributed by atoms with Gasteiger partial charge < -0.3 is 5.32 Å². The van der Waals surface area contributed by atoms with E-state index in [-0.39, 0.29) is 11.2 Å². The van der Waals surface area contributed by atoms with Crippen LogP contribution in [0, 0.1) is 0 Å². The van der Waals surface area contributed by atoms with Gasteiger partial charge in [-0.1, -0.05) is 47.1 Å². The van der Waals surface area contributed by atoms with E-state index in [1.807, 2.05) is 18.2 Å². The number of hydrogen-bond acceptors (Lipinski definition) is 4. The molecule has 3 rings (SSSR count). The Kier molecular flexibility index (Phi) is 4.66. The van der Waals surface area contributed by atoms with Gasteiger partial charge in [-0.05, 0) is 36.2 Å². The van der Waals surface area contributed by atoms with Crippen molar-refractivity contribution in [3.63, 3.8) is 0 Å². The number of halogens is 2. The molecule has 0 radical (unpaired) electrons. The molecule has 1 amide bonds. The number of rotatable bonds is 3. The zero-order chi connectivity index (χ0) is 15.5. The van der Waals surface area contributed by atoms with Crippen LogP contribution in [0.15, 0.2) is 47.6 Å². The van der Waals surface area contributed by atoms with Gasteiger partial charge in [0.2, 0.25) is 5.91 Å². The molecule has 4 nitrogen and oxygen atoms in total. The van der Waals surface area contributed by atoms with Gasteiger partial charge in [0.25, 0.3) is 0 Å². The third kappa shape index (κ3) is 3.61. The van der Waals surface area contributed by atoms with E-state index in [2.05, 4.69) is 15.3 Å². The van der Waals surface area contributed by atoms with Crippen molar-refractivity contribution in [1.29, 1.82) is 0 Å². The van der Waals surface area contributed by atoms with Crippen LogP contribution in [0.25, 0.3) is 0 Å². The molecule has 0 unspecified atom stereocenters. The van der Waals surface area contributed by atoms with Gasteiger partial charge in [-0.25, -0.2) is 9.98 Å². The zero-order valence-electron chi connectivity index (χ0n) is 11.3. The minimum Gasteiger partial charge on any atom is -0.304 e. The number of pyridine rings is 1. The highest BCUT2D eigenvalue weighted by molar-refractivity contribution is 8.15. The number of aromatic nitrogens is 1. The Morgan fingerprint density at radius 2 is 2.09 bits per heavy atom. The number of amides is 1. The quantitative estimate of drug-likeness (QED) is 0.913. The van der Waals surface area contributed by atoms with Crippen LogP contribution in [0.2, 0.25) is 10.0 Å². The lowest BCUT2D eigenvalue weighted by Gasteiger charge is -2.06. The maximum absolute atomic E-state index is 12.0. The van der Waals surface area contributed by atoms with Crippen LogP contribution in [0.4, 0.5) is 5.82 Å². The van der Waals surface area contributed by atoms with Crippen LogP contribution in [0.3, 0.4) is 0 Å². The molecule has 1 aliphatic rings. The van der Waals surface area contributed by atoms with Crippen LogP contribution in [-0.4, -0.2) is 21.3 Å². The number of thioether (sulfide) groups is 1. The number of benzene rings is 1. The molecule has 0 spiro atoms. The molecule has 1 aromatic carbocycles. The molecule has 1 saturated heterocycles.